The molecule has 8 nitrogen and oxygen atoms in total. The molecule has 0 spiro atoms. The summed E-state index contributed by atoms with van der Waals surface area (Å²) in [6, 6.07) is 8.11. The number of piperazine rings is 1. The van der Waals surface area contributed by atoms with Crippen molar-refractivity contribution in [3.8, 4) is 17.0 Å². The Balaban J connectivity index is 1.33. The highest BCUT2D eigenvalue weighted by molar-refractivity contribution is 5.80. The Morgan fingerprint density at radius 3 is 2.62 bits per heavy atom. The Morgan fingerprint density at radius 2 is 1.90 bits per heavy atom. The maximum absolute atomic E-state index is 5.46. The van der Waals surface area contributed by atoms with Crippen molar-refractivity contribution in [3.63, 3.8) is 0 Å². The molecule has 3 saturated heterocycles. The van der Waals surface area contributed by atoms with Crippen LogP contribution in [-0.2, 0) is 4.74 Å². The summed E-state index contributed by atoms with van der Waals surface area (Å²) in [5.74, 6) is 0.513. The van der Waals surface area contributed by atoms with Crippen molar-refractivity contribution in [1.29, 1.82) is 0 Å². The number of fused-ring (bicyclic) bond motifs is 3. The van der Waals surface area contributed by atoms with Crippen LogP contribution in [0.1, 0.15) is 12.8 Å². The van der Waals surface area contributed by atoms with Crippen molar-refractivity contribution in [2.45, 2.75) is 31.0 Å². The molecule has 6 rings (SSSR count). The lowest BCUT2D eigenvalue weighted by atomic mass is 10.1. The molecule has 8 heteroatoms. The molecule has 3 aromatic heterocycles. The molecule has 29 heavy (non-hydrogen) atoms. The van der Waals surface area contributed by atoms with Crippen LogP contribution < -0.4 is 9.64 Å². The number of nitrogens with zero attached hydrogens (tertiary/aromatic N) is 6. The minimum atomic E-state index is 0.513. The fourth-order valence-electron chi connectivity index (χ4n) is 5.15. The zero-order valence-electron chi connectivity index (χ0n) is 16.4. The number of rotatable bonds is 4. The summed E-state index contributed by atoms with van der Waals surface area (Å²) in [6.45, 7) is 3.94. The Labute approximate surface area is 169 Å². The summed E-state index contributed by atoms with van der Waals surface area (Å²) in [5.41, 5.74) is 4.41. The van der Waals surface area contributed by atoms with Gasteiger partial charge in [-0.2, -0.15) is 10.2 Å². The monoisotopic (exact) mass is 392 g/mol. The van der Waals surface area contributed by atoms with Crippen LogP contribution in [0.15, 0.2) is 36.8 Å². The molecule has 2 unspecified atom stereocenters. The van der Waals surface area contributed by atoms with Gasteiger partial charge in [0.2, 0.25) is 5.88 Å². The van der Waals surface area contributed by atoms with E-state index in [1.54, 1.807) is 13.3 Å². The molecule has 3 aliphatic rings. The molecule has 0 aromatic carbocycles. The Bertz CT molecular complexity index is 1030. The van der Waals surface area contributed by atoms with Gasteiger partial charge in [0, 0.05) is 54.8 Å². The Morgan fingerprint density at radius 1 is 1.07 bits per heavy atom. The van der Waals surface area contributed by atoms with E-state index in [-0.39, 0.29) is 0 Å². The van der Waals surface area contributed by atoms with Gasteiger partial charge in [0.25, 0.3) is 0 Å². The van der Waals surface area contributed by atoms with Gasteiger partial charge >= 0.3 is 0 Å². The standard InChI is InChI=1S/C21H24N6O2/c1-28-21-7-14(8-22-24-21)15-6-20-19(4-5-23-26(20)9-15)25-10-16-2-3-17(11-25)27(16)18-12-29-13-18/h4-9,16-18H,2-3,10-13H2,1H3. The predicted molar refractivity (Wildman–Crippen MR) is 108 cm³/mol. The fraction of sp³-hybridized carbons (Fsp3) is 0.476. The maximum Gasteiger partial charge on any atom is 0.233 e. The summed E-state index contributed by atoms with van der Waals surface area (Å²) >= 11 is 0. The predicted octanol–water partition coefficient (Wildman–Crippen LogP) is 1.85. The minimum absolute atomic E-state index is 0.513. The molecule has 3 fully saturated rings. The molecule has 150 valence electrons. The van der Waals surface area contributed by atoms with Crippen LogP contribution in [0.2, 0.25) is 0 Å². The number of aromatic nitrogens is 4. The van der Waals surface area contributed by atoms with E-state index in [4.69, 9.17) is 9.47 Å². The van der Waals surface area contributed by atoms with Crippen LogP contribution in [0.4, 0.5) is 5.69 Å². The van der Waals surface area contributed by atoms with Gasteiger partial charge in [-0.25, -0.2) is 4.52 Å². The van der Waals surface area contributed by atoms with E-state index < -0.39 is 0 Å². The highest BCUT2D eigenvalue weighted by Gasteiger charge is 2.45. The van der Waals surface area contributed by atoms with Crippen molar-refractivity contribution in [2.24, 2.45) is 0 Å². The van der Waals surface area contributed by atoms with Gasteiger partial charge in [-0.15, -0.1) is 5.10 Å². The Kier molecular flexibility index (Phi) is 3.95. The number of ether oxygens (including phenoxy) is 2. The SMILES string of the molecule is COc1cc(-c2cc3c(N4CC5CCC(C4)N5C4COC4)ccnn3c2)cnn1. The number of hydrogen-bond acceptors (Lipinski definition) is 7. The van der Waals surface area contributed by atoms with Gasteiger partial charge in [0.1, 0.15) is 0 Å². The first-order chi connectivity index (χ1) is 14.3. The Hall–Kier alpha value is -2.71. The normalized spacial score (nSPS) is 24.8. The molecule has 0 amide bonds. The van der Waals surface area contributed by atoms with E-state index in [2.05, 4.69) is 37.2 Å². The van der Waals surface area contributed by atoms with Gasteiger partial charge < -0.3 is 14.4 Å². The maximum atomic E-state index is 5.46. The first-order valence-electron chi connectivity index (χ1n) is 10.2. The van der Waals surface area contributed by atoms with Crippen molar-refractivity contribution < 1.29 is 9.47 Å². The van der Waals surface area contributed by atoms with Gasteiger partial charge in [0.15, 0.2) is 0 Å². The third-order valence-corrected chi connectivity index (χ3v) is 6.58. The van der Waals surface area contributed by atoms with Gasteiger partial charge in [-0.1, -0.05) is 0 Å². The average molecular weight is 392 g/mol. The van der Waals surface area contributed by atoms with Crippen molar-refractivity contribution >= 4 is 11.2 Å². The first-order valence-corrected chi connectivity index (χ1v) is 10.2. The van der Waals surface area contributed by atoms with Crippen LogP contribution in [0, 0.1) is 0 Å². The molecule has 2 atom stereocenters. The summed E-state index contributed by atoms with van der Waals surface area (Å²) in [7, 11) is 1.60. The summed E-state index contributed by atoms with van der Waals surface area (Å²) < 4.78 is 12.6. The summed E-state index contributed by atoms with van der Waals surface area (Å²) in [6.07, 6.45) is 8.27. The van der Waals surface area contributed by atoms with Crippen LogP contribution in [-0.4, -0.2) is 76.2 Å². The van der Waals surface area contributed by atoms with E-state index in [9.17, 15) is 0 Å². The van der Waals surface area contributed by atoms with Crippen molar-refractivity contribution in [3.05, 3.63) is 36.8 Å². The summed E-state index contributed by atoms with van der Waals surface area (Å²) in [4.78, 5) is 5.28. The molecule has 3 aliphatic heterocycles. The topological polar surface area (TPSA) is 68.0 Å². The van der Waals surface area contributed by atoms with Gasteiger partial charge in [0.05, 0.1) is 43.8 Å². The second-order valence-electron chi connectivity index (χ2n) is 8.19. The zero-order chi connectivity index (χ0) is 19.4. The molecule has 6 heterocycles. The van der Waals surface area contributed by atoms with Gasteiger partial charge in [-0.05, 0) is 25.0 Å². The lowest BCUT2D eigenvalue weighted by Gasteiger charge is -2.48. The number of hydrogen-bond donors (Lipinski definition) is 0. The van der Waals surface area contributed by atoms with Gasteiger partial charge in [-0.3, -0.25) is 4.90 Å². The van der Waals surface area contributed by atoms with E-state index >= 15 is 0 Å². The molecule has 2 bridgehead atoms. The third-order valence-electron chi connectivity index (χ3n) is 6.58. The third kappa shape index (κ3) is 2.78. The zero-order valence-corrected chi connectivity index (χ0v) is 16.4. The van der Waals surface area contributed by atoms with Crippen LogP contribution in [0.5, 0.6) is 5.88 Å². The minimum Gasteiger partial charge on any atom is -0.480 e. The van der Waals surface area contributed by atoms with Crippen molar-refractivity contribution in [1.82, 2.24) is 24.7 Å². The van der Waals surface area contributed by atoms with E-state index in [1.165, 1.54) is 18.5 Å². The molecular weight excluding hydrogens is 368 g/mol. The van der Waals surface area contributed by atoms with Crippen molar-refractivity contribution in [2.75, 3.05) is 38.3 Å². The fourth-order valence-corrected chi connectivity index (χ4v) is 5.15. The molecule has 0 saturated carbocycles. The second-order valence-corrected chi connectivity index (χ2v) is 8.19. The first kappa shape index (κ1) is 17.2. The quantitative estimate of drug-likeness (QED) is 0.671. The molecule has 0 N–H and O–H groups in total. The van der Waals surface area contributed by atoms with E-state index in [0.717, 1.165) is 42.9 Å². The lowest BCUT2D eigenvalue weighted by molar-refractivity contribution is -0.0850. The van der Waals surface area contributed by atoms with Crippen LogP contribution in [0.3, 0.4) is 0 Å². The van der Waals surface area contributed by atoms with E-state index in [1.807, 2.05) is 23.0 Å². The van der Waals surface area contributed by atoms with Crippen LogP contribution in [0.25, 0.3) is 16.6 Å². The smallest absolute Gasteiger partial charge is 0.233 e. The molecular formula is C21H24N6O2. The highest BCUT2D eigenvalue weighted by atomic mass is 16.5. The highest BCUT2D eigenvalue weighted by Crippen LogP contribution is 2.37. The molecule has 0 aliphatic carbocycles. The lowest BCUT2D eigenvalue weighted by Crippen LogP contribution is -2.62. The number of anilines is 1. The van der Waals surface area contributed by atoms with Crippen LogP contribution >= 0.6 is 0 Å². The average Bonchev–Trinajstić information content (AvgIpc) is 3.25. The largest absolute Gasteiger partial charge is 0.480 e. The summed E-state index contributed by atoms with van der Waals surface area (Å²) in [5, 5.41) is 12.6. The molecule has 3 aromatic rings. The second kappa shape index (κ2) is 6.67. The number of methoxy groups -OCH3 is 1. The van der Waals surface area contributed by atoms with E-state index in [0.29, 0.717) is 24.0 Å². The molecule has 0 radical (unpaired) electrons.